The fourth-order valence-electron chi connectivity index (χ4n) is 3.67. The van der Waals surface area contributed by atoms with Crippen LogP contribution < -0.4 is 11.5 Å². The minimum absolute atomic E-state index is 0.219. The summed E-state index contributed by atoms with van der Waals surface area (Å²) in [5, 5.41) is 0. The molecule has 30 heavy (non-hydrogen) atoms. The molecular formula is C22H22N2O4P2. The number of primary amides is 2. The molecule has 1 aliphatic carbocycles. The fraction of sp³-hybridized carbons (Fsp3) is 0.273. The molecule has 1 atom stereocenters. The molecule has 0 saturated heterocycles. The quantitative estimate of drug-likeness (QED) is 0.465. The number of rotatable bonds is 8. The van der Waals surface area contributed by atoms with Crippen LogP contribution in [0, 0.1) is 22.6 Å². The second-order valence-electron chi connectivity index (χ2n) is 6.75. The van der Waals surface area contributed by atoms with Gasteiger partial charge in [-0.1, -0.05) is 0 Å². The zero-order valence-electron chi connectivity index (χ0n) is 16.3. The summed E-state index contributed by atoms with van der Waals surface area (Å²) in [4.78, 5) is 24.8. The first-order valence-electron chi connectivity index (χ1n) is 9.33. The average Bonchev–Trinajstić information content (AvgIpc) is 2.73. The molecule has 1 aromatic rings. The molecule has 1 unspecified atom stereocenters. The molecule has 2 amide bonds. The summed E-state index contributed by atoms with van der Waals surface area (Å²) in [5.41, 5.74) is 17.5. The van der Waals surface area contributed by atoms with Crippen molar-refractivity contribution in [3.8, 4) is 11.3 Å². The van der Waals surface area contributed by atoms with Crippen molar-refractivity contribution in [2.24, 2.45) is 22.8 Å². The van der Waals surface area contributed by atoms with Gasteiger partial charge in [0.15, 0.2) is 0 Å². The van der Waals surface area contributed by atoms with Gasteiger partial charge in [0.25, 0.3) is 0 Å². The molecule has 0 aromatic heterocycles. The molecule has 0 bridgehead atoms. The monoisotopic (exact) mass is 440 g/mol. The normalized spacial score (nSPS) is 17.3. The third kappa shape index (κ3) is 5.51. The fourth-order valence-corrected chi connectivity index (χ4v) is 4.10. The second-order valence-corrected chi connectivity index (χ2v) is 7.74. The Labute approximate surface area is 177 Å². The molecule has 2 rings (SSSR count). The zero-order valence-corrected chi connectivity index (χ0v) is 18.1. The number of carbonyl (C=O) groups excluding carboxylic acids is 2. The van der Waals surface area contributed by atoms with Gasteiger partial charge in [-0.15, -0.1) is 0 Å². The molecule has 6 nitrogen and oxygen atoms in total. The average molecular weight is 440 g/mol. The summed E-state index contributed by atoms with van der Waals surface area (Å²) in [5.74, 6) is -2.31. The summed E-state index contributed by atoms with van der Waals surface area (Å²) < 4.78 is 21.6. The third-order valence-electron chi connectivity index (χ3n) is 5.12. The van der Waals surface area contributed by atoms with Gasteiger partial charge >= 0.3 is 177 Å². The van der Waals surface area contributed by atoms with Crippen LogP contribution in [0.1, 0.15) is 31.2 Å². The first-order chi connectivity index (χ1) is 14.5. The van der Waals surface area contributed by atoms with Crippen LogP contribution >= 0.6 is 15.8 Å². The molecule has 1 aromatic carbocycles. The van der Waals surface area contributed by atoms with Crippen molar-refractivity contribution in [3.63, 3.8) is 0 Å². The van der Waals surface area contributed by atoms with Crippen molar-refractivity contribution in [1.29, 1.82) is 0 Å². The summed E-state index contributed by atoms with van der Waals surface area (Å²) in [6.45, 7) is 0. The van der Waals surface area contributed by atoms with Crippen molar-refractivity contribution < 1.29 is 18.7 Å². The molecule has 0 heterocycles. The molecule has 1 aliphatic rings. The Morgan fingerprint density at radius 3 is 2.23 bits per heavy atom. The van der Waals surface area contributed by atoms with Gasteiger partial charge in [-0.25, -0.2) is 0 Å². The Bertz CT molecular complexity index is 1100. The molecule has 4 N–H and O–H groups in total. The Hall–Kier alpha value is -2.60. The predicted molar refractivity (Wildman–Crippen MR) is 117 cm³/mol. The molecule has 8 heteroatoms. The van der Waals surface area contributed by atoms with E-state index in [9.17, 15) is 18.7 Å². The van der Waals surface area contributed by atoms with Crippen LogP contribution in [-0.4, -0.2) is 11.8 Å². The second kappa shape index (κ2) is 11.6. The zero-order chi connectivity index (χ0) is 22.0. The van der Waals surface area contributed by atoms with Gasteiger partial charge < -0.3 is 0 Å². The number of allylic oxidation sites excluding steroid dienone is 4. The predicted octanol–water partition coefficient (Wildman–Crippen LogP) is 4.20. The molecule has 0 fully saturated rings. The van der Waals surface area contributed by atoms with Gasteiger partial charge in [-0.05, 0) is 0 Å². The van der Waals surface area contributed by atoms with Crippen molar-refractivity contribution in [2.45, 2.75) is 25.7 Å². The number of carbonyl (C=O) groups is 2. The van der Waals surface area contributed by atoms with Crippen molar-refractivity contribution in [3.05, 3.63) is 65.3 Å². The van der Waals surface area contributed by atoms with Crippen LogP contribution in [0.3, 0.4) is 0 Å². The molecule has 0 spiro atoms. The van der Waals surface area contributed by atoms with Gasteiger partial charge in [0.1, 0.15) is 0 Å². The first kappa shape index (κ1) is 23.7. The number of hydrogen-bond donors (Lipinski definition) is 2. The van der Waals surface area contributed by atoms with Gasteiger partial charge in [0.05, 0.1) is 0 Å². The Kier molecular flexibility index (Phi) is 9.12. The van der Waals surface area contributed by atoms with Crippen LogP contribution in [0.25, 0.3) is 6.08 Å². The topological polar surface area (TPSA) is 120 Å². The Morgan fingerprint density at radius 1 is 1.00 bits per heavy atom. The van der Waals surface area contributed by atoms with E-state index in [4.69, 9.17) is 11.5 Å². The minimum atomic E-state index is -1.70. The van der Waals surface area contributed by atoms with Gasteiger partial charge in [0.2, 0.25) is 0 Å². The SMILES string of the molecule is NC(=O)C1(C(N)=O)C=CC(C=Cc2ccccc2)=C(CCC#P=O)C1CCC#P=O. The van der Waals surface area contributed by atoms with E-state index in [-0.39, 0.29) is 22.3 Å². The summed E-state index contributed by atoms with van der Waals surface area (Å²) in [7, 11) is -0.476. The molecule has 154 valence electrons. The Balaban J connectivity index is 2.61. The number of benzene rings is 1. The van der Waals surface area contributed by atoms with E-state index in [1.807, 2.05) is 42.5 Å². The van der Waals surface area contributed by atoms with E-state index in [1.165, 1.54) is 6.08 Å². The van der Waals surface area contributed by atoms with E-state index in [0.29, 0.717) is 19.3 Å². The maximum atomic E-state index is 12.4. The summed E-state index contributed by atoms with van der Waals surface area (Å²) in [6, 6.07) is 9.66. The van der Waals surface area contributed by atoms with Crippen molar-refractivity contribution >= 4 is 33.7 Å². The van der Waals surface area contributed by atoms with E-state index >= 15 is 0 Å². The van der Waals surface area contributed by atoms with E-state index in [0.717, 1.165) is 16.7 Å². The Morgan fingerprint density at radius 2 is 1.63 bits per heavy atom. The van der Waals surface area contributed by atoms with E-state index < -0.39 is 23.1 Å². The number of nitrogens with two attached hydrogens (primary N) is 2. The van der Waals surface area contributed by atoms with Crippen LogP contribution in [0.5, 0.6) is 0 Å². The van der Waals surface area contributed by atoms with E-state index in [1.54, 1.807) is 6.08 Å². The van der Waals surface area contributed by atoms with Gasteiger partial charge in [-0.2, -0.15) is 0 Å². The summed E-state index contributed by atoms with van der Waals surface area (Å²) in [6.07, 6.45) is 8.31. The van der Waals surface area contributed by atoms with Crippen molar-refractivity contribution in [1.82, 2.24) is 0 Å². The van der Waals surface area contributed by atoms with Crippen LogP contribution in [0.15, 0.2) is 59.7 Å². The third-order valence-corrected chi connectivity index (χ3v) is 5.82. The van der Waals surface area contributed by atoms with Crippen LogP contribution in [0.2, 0.25) is 0 Å². The summed E-state index contributed by atoms with van der Waals surface area (Å²) >= 11 is 0. The number of amides is 2. The molecule has 0 saturated carbocycles. The van der Waals surface area contributed by atoms with Gasteiger partial charge in [0, 0.05) is 0 Å². The van der Waals surface area contributed by atoms with Crippen molar-refractivity contribution in [2.75, 3.05) is 0 Å². The molecular weight excluding hydrogens is 418 g/mol. The number of hydrogen-bond acceptors (Lipinski definition) is 4. The van der Waals surface area contributed by atoms with E-state index in [2.05, 4.69) is 11.3 Å². The standard InChI is InChI=1S/C22H22N2O4P2/c23-20(25)22(21(24)26)13-12-17(11-10-16-6-2-1-3-7-16)18(8-4-14-29-27)19(22)9-5-15-30-28/h1-3,6-7,10-13,19H,4-5,8-9H2,(H2,23,25)(H2,24,26). The van der Waals surface area contributed by atoms with Crippen LogP contribution in [0.4, 0.5) is 0 Å². The van der Waals surface area contributed by atoms with Crippen LogP contribution in [-0.2, 0) is 18.7 Å². The molecule has 0 radical (unpaired) electrons. The first-order valence-corrected chi connectivity index (χ1v) is 11.0. The maximum absolute atomic E-state index is 12.4. The molecule has 0 aliphatic heterocycles. The van der Waals surface area contributed by atoms with Gasteiger partial charge in [-0.3, -0.25) is 0 Å².